The predicted molar refractivity (Wildman–Crippen MR) is 139 cm³/mol. The van der Waals surface area contributed by atoms with Crippen molar-refractivity contribution >= 4 is 21.5 Å². The SMILES string of the molecule is COc1cccc2c(C#Cc3ccccc3)c3c(OC)cccc3c(C#Cc3ccccc3)c12. The smallest absolute Gasteiger partial charge is 0.128 e. The molecular weight excluding hydrogens is 416 g/mol. The largest absolute Gasteiger partial charge is 0.496 e. The average molecular weight is 439 g/mol. The van der Waals surface area contributed by atoms with Gasteiger partial charge in [-0.3, -0.25) is 0 Å². The van der Waals surface area contributed by atoms with Gasteiger partial charge in [0.15, 0.2) is 0 Å². The standard InChI is InChI=1S/C32H22O2/c1-33-29-17-9-15-25-28(22-20-24-13-7-4-8-14-24)32-26(16-10-18-30(32)34-2)27(31(25)29)21-19-23-11-5-3-6-12-23/h3-18H,1-2H3. The van der Waals surface area contributed by atoms with Gasteiger partial charge in [0.1, 0.15) is 11.5 Å². The van der Waals surface area contributed by atoms with Crippen molar-refractivity contribution in [1.82, 2.24) is 0 Å². The van der Waals surface area contributed by atoms with Crippen LogP contribution in [0.15, 0.2) is 97.1 Å². The molecule has 5 rings (SSSR count). The molecule has 5 aromatic carbocycles. The van der Waals surface area contributed by atoms with E-state index in [2.05, 4.69) is 35.8 Å². The Hall–Kier alpha value is -4.66. The molecule has 0 saturated carbocycles. The molecule has 162 valence electrons. The van der Waals surface area contributed by atoms with Crippen LogP contribution in [0.2, 0.25) is 0 Å². The molecule has 0 aliphatic carbocycles. The van der Waals surface area contributed by atoms with Crippen LogP contribution in [-0.4, -0.2) is 14.2 Å². The lowest BCUT2D eigenvalue weighted by Gasteiger charge is -2.15. The second kappa shape index (κ2) is 9.45. The number of hydrogen-bond acceptors (Lipinski definition) is 2. The van der Waals surface area contributed by atoms with Gasteiger partial charge in [-0.25, -0.2) is 0 Å². The molecule has 0 saturated heterocycles. The third kappa shape index (κ3) is 3.95. The minimum Gasteiger partial charge on any atom is -0.496 e. The molecule has 0 radical (unpaired) electrons. The van der Waals surface area contributed by atoms with Crippen molar-refractivity contribution in [2.45, 2.75) is 0 Å². The van der Waals surface area contributed by atoms with E-state index in [9.17, 15) is 0 Å². The zero-order valence-corrected chi connectivity index (χ0v) is 19.1. The highest BCUT2D eigenvalue weighted by Gasteiger charge is 2.18. The van der Waals surface area contributed by atoms with Gasteiger partial charge in [0.25, 0.3) is 0 Å². The van der Waals surface area contributed by atoms with Gasteiger partial charge < -0.3 is 9.47 Å². The Morgan fingerprint density at radius 1 is 0.441 bits per heavy atom. The first-order valence-corrected chi connectivity index (χ1v) is 11.0. The van der Waals surface area contributed by atoms with Crippen LogP contribution in [0.25, 0.3) is 21.5 Å². The number of fused-ring (bicyclic) bond motifs is 2. The molecule has 0 atom stereocenters. The summed E-state index contributed by atoms with van der Waals surface area (Å²) in [4.78, 5) is 0. The van der Waals surface area contributed by atoms with Crippen molar-refractivity contribution in [3.8, 4) is 35.2 Å². The summed E-state index contributed by atoms with van der Waals surface area (Å²) in [6.45, 7) is 0. The van der Waals surface area contributed by atoms with Crippen LogP contribution < -0.4 is 9.47 Å². The van der Waals surface area contributed by atoms with Gasteiger partial charge in [-0.15, -0.1) is 0 Å². The minimum absolute atomic E-state index is 0.766. The van der Waals surface area contributed by atoms with Crippen LogP contribution in [0.5, 0.6) is 11.5 Å². The second-order valence-electron chi connectivity index (χ2n) is 7.75. The van der Waals surface area contributed by atoms with E-state index in [-0.39, 0.29) is 0 Å². The van der Waals surface area contributed by atoms with E-state index < -0.39 is 0 Å². The normalized spacial score (nSPS) is 10.2. The van der Waals surface area contributed by atoms with Crippen LogP contribution in [0, 0.1) is 23.7 Å². The highest BCUT2D eigenvalue weighted by molar-refractivity contribution is 6.13. The molecule has 0 spiro atoms. The maximum absolute atomic E-state index is 5.80. The molecule has 0 N–H and O–H groups in total. The summed E-state index contributed by atoms with van der Waals surface area (Å²) in [5.41, 5.74) is 3.70. The van der Waals surface area contributed by atoms with E-state index in [0.717, 1.165) is 55.3 Å². The van der Waals surface area contributed by atoms with Gasteiger partial charge >= 0.3 is 0 Å². The summed E-state index contributed by atoms with van der Waals surface area (Å²) in [5.74, 6) is 15.1. The Kier molecular flexibility index (Phi) is 5.89. The first-order valence-electron chi connectivity index (χ1n) is 11.0. The van der Waals surface area contributed by atoms with Crippen LogP contribution in [0.3, 0.4) is 0 Å². The number of methoxy groups -OCH3 is 2. The number of benzene rings is 5. The van der Waals surface area contributed by atoms with Crippen molar-refractivity contribution in [2.75, 3.05) is 14.2 Å². The molecule has 34 heavy (non-hydrogen) atoms. The lowest BCUT2D eigenvalue weighted by Crippen LogP contribution is -1.96. The first-order chi connectivity index (χ1) is 16.8. The van der Waals surface area contributed by atoms with E-state index in [1.165, 1.54) is 0 Å². The molecule has 2 nitrogen and oxygen atoms in total. The molecule has 0 aromatic heterocycles. The van der Waals surface area contributed by atoms with E-state index >= 15 is 0 Å². The topological polar surface area (TPSA) is 18.5 Å². The van der Waals surface area contributed by atoms with Gasteiger partial charge in [-0.1, -0.05) is 84.3 Å². The van der Waals surface area contributed by atoms with Crippen molar-refractivity contribution in [2.24, 2.45) is 0 Å². The molecule has 0 fully saturated rings. The van der Waals surface area contributed by atoms with Crippen molar-refractivity contribution in [1.29, 1.82) is 0 Å². The Bertz CT molecular complexity index is 1490. The molecule has 0 heterocycles. The monoisotopic (exact) mass is 438 g/mol. The first kappa shape index (κ1) is 21.2. The van der Waals surface area contributed by atoms with Gasteiger partial charge in [-0.05, 0) is 36.4 Å². The third-order valence-electron chi connectivity index (χ3n) is 5.74. The molecule has 0 aliphatic rings. The third-order valence-corrected chi connectivity index (χ3v) is 5.74. The Morgan fingerprint density at radius 3 is 1.24 bits per heavy atom. The zero-order chi connectivity index (χ0) is 23.3. The van der Waals surface area contributed by atoms with Crippen LogP contribution >= 0.6 is 0 Å². The quantitative estimate of drug-likeness (QED) is 0.223. The summed E-state index contributed by atoms with van der Waals surface area (Å²) in [6.07, 6.45) is 0. The van der Waals surface area contributed by atoms with Crippen molar-refractivity contribution in [3.63, 3.8) is 0 Å². The van der Waals surface area contributed by atoms with E-state index in [1.54, 1.807) is 14.2 Å². The molecule has 0 bridgehead atoms. The highest BCUT2D eigenvalue weighted by Crippen LogP contribution is 2.40. The average Bonchev–Trinajstić information content (AvgIpc) is 2.91. The Labute approximate surface area is 199 Å². The molecule has 0 amide bonds. The van der Waals surface area contributed by atoms with E-state index in [0.29, 0.717) is 0 Å². The minimum atomic E-state index is 0.766. The van der Waals surface area contributed by atoms with Crippen molar-refractivity contribution < 1.29 is 9.47 Å². The summed E-state index contributed by atoms with van der Waals surface area (Å²) in [6, 6.07) is 32.1. The molecule has 5 aromatic rings. The van der Waals surface area contributed by atoms with E-state index in [4.69, 9.17) is 9.47 Å². The summed E-state index contributed by atoms with van der Waals surface area (Å²) in [5, 5.41) is 3.87. The van der Waals surface area contributed by atoms with E-state index in [1.807, 2.05) is 84.9 Å². The van der Waals surface area contributed by atoms with Gasteiger partial charge in [-0.2, -0.15) is 0 Å². The van der Waals surface area contributed by atoms with Crippen LogP contribution in [-0.2, 0) is 0 Å². The highest BCUT2D eigenvalue weighted by atomic mass is 16.5. The number of ether oxygens (including phenoxy) is 2. The van der Waals surface area contributed by atoms with Crippen LogP contribution in [0.1, 0.15) is 22.3 Å². The van der Waals surface area contributed by atoms with Crippen LogP contribution in [0.4, 0.5) is 0 Å². The summed E-state index contributed by atoms with van der Waals surface area (Å²) in [7, 11) is 3.38. The predicted octanol–water partition coefficient (Wildman–Crippen LogP) is 6.81. The number of rotatable bonds is 2. The zero-order valence-electron chi connectivity index (χ0n) is 19.1. The molecule has 0 unspecified atom stereocenters. The summed E-state index contributed by atoms with van der Waals surface area (Å²) >= 11 is 0. The maximum atomic E-state index is 5.80. The molecular formula is C32H22O2. The second-order valence-corrected chi connectivity index (χ2v) is 7.75. The summed E-state index contributed by atoms with van der Waals surface area (Å²) < 4.78 is 11.6. The molecule has 0 aliphatic heterocycles. The fraction of sp³-hybridized carbons (Fsp3) is 0.0625. The Balaban J connectivity index is 1.91. The fourth-order valence-corrected chi connectivity index (χ4v) is 4.18. The van der Waals surface area contributed by atoms with Crippen molar-refractivity contribution in [3.05, 3.63) is 119 Å². The lowest BCUT2D eigenvalue weighted by atomic mass is 9.90. The Morgan fingerprint density at radius 2 is 0.853 bits per heavy atom. The van der Waals surface area contributed by atoms with Gasteiger partial charge in [0.05, 0.1) is 14.2 Å². The lowest BCUT2D eigenvalue weighted by molar-refractivity contribution is 0.419. The fourth-order valence-electron chi connectivity index (χ4n) is 4.18. The number of hydrogen-bond donors (Lipinski definition) is 0. The van der Waals surface area contributed by atoms with Gasteiger partial charge in [0, 0.05) is 43.8 Å². The van der Waals surface area contributed by atoms with Gasteiger partial charge in [0.2, 0.25) is 0 Å². The maximum Gasteiger partial charge on any atom is 0.128 e. The molecule has 2 heteroatoms.